The van der Waals surface area contributed by atoms with E-state index in [2.05, 4.69) is 39.9 Å². The van der Waals surface area contributed by atoms with Crippen molar-refractivity contribution in [2.24, 2.45) is 0 Å². The minimum absolute atomic E-state index is 0.0350. The normalized spacial score (nSPS) is 27.2. The number of halogens is 1. The van der Waals surface area contributed by atoms with E-state index in [1.165, 1.54) is 8.66 Å². The summed E-state index contributed by atoms with van der Waals surface area (Å²) in [6, 6.07) is 4.22. The fourth-order valence-corrected chi connectivity index (χ4v) is 3.55. The fraction of sp³-hybridized carbons (Fsp3) is 0.636. The van der Waals surface area contributed by atoms with Crippen LogP contribution in [0.1, 0.15) is 11.8 Å². The summed E-state index contributed by atoms with van der Waals surface area (Å²) < 4.78 is 6.78. The molecule has 0 amide bonds. The summed E-state index contributed by atoms with van der Waals surface area (Å²) in [5, 5.41) is 9.14. The Morgan fingerprint density at radius 2 is 2.38 bits per heavy atom. The molecule has 0 bridgehead atoms. The lowest BCUT2D eigenvalue weighted by Gasteiger charge is -2.35. The predicted molar refractivity (Wildman–Crippen MR) is 68.7 cm³/mol. The Bertz CT molecular complexity index is 344. The molecule has 16 heavy (non-hydrogen) atoms. The highest BCUT2D eigenvalue weighted by atomic mass is 79.9. The van der Waals surface area contributed by atoms with Crippen molar-refractivity contribution in [2.45, 2.75) is 25.7 Å². The first-order chi connectivity index (χ1) is 7.67. The summed E-state index contributed by atoms with van der Waals surface area (Å²) in [5.41, 5.74) is 0. The maximum atomic E-state index is 9.14. The van der Waals surface area contributed by atoms with Gasteiger partial charge in [-0.15, -0.1) is 11.3 Å². The highest BCUT2D eigenvalue weighted by Gasteiger charge is 2.24. The van der Waals surface area contributed by atoms with Crippen LogP contribution in [0.15, 0.2) is 15.9 Å². The van der Waals surface area contributed by atoms with Gasteiger partial charge in [-0.05, 0) is 35.0 Å². The molecule has 3 nitrogen and oxygen atoms in total. The number of morpholine rings is 1. The van der Waals surface area contributed by atoms with Gasteiger partial charge in [-0.2, -0.15) is 0 Å². The molecule has 0 aromatic carbocycles. The zero-order chi connectivity index (χ0) is 11.5. The Morgan fingerprint density at radius 3 is 3.00 bits per heavy atom. The minimum atomic E-state index is -0.0350. The fourth-order valence-electron chi connectivity index (χ4n) is 2.03. The number of hydrogen-bond donors (Lipinski definition) is 1. The lowest BCUT2D eigenvalue weighted by atomic mass is 10.2. The number of aliphatic hydroxyl groups is 1. The first kappa shape index (κ1) is 12.5. The van der Waals surface area contributed by atoms with Crippen molar-refractivity contribution < 1.29 is 9.84 Å². The number of ether oxygens (including phenoxy) is 1. The maximum Gasteiger partial charge on any atom is 0.0936 e. The molecule has 2 atom stereocenters. The van der Waals surface area contributed by atoms with E-state index >= 15 is 0 Å². The summed E-state index contributed by atoms with van der Waals surface area (Å²) >= 11 is 5.23. The van der Waals surface area contributed by atoms with E-state index in [9.17, 15) is 0 Å². The smallest absolute Gasteiger partial charge is 0.0936 e. The Morgan fingerprint density at radius 1 is 1.56 bits per heavy atom. The average Bonchev–Trinajstić information content (AvgIpc) is 2.63. The molecule has 1 aliphatic heterocycles. The molecule has 0 saturated carbocycles. The van der Waals surface area contributed by atoms with E-state index in [1.54, 1.807) is 11.3 Å². The molecule has 0 radical (unpaired) electrons. The van der Waals surface area contributed by atoms with Gasteiger partial charge in [0.2, 0.25) is 0 Å². The molecule has 0 aliphatic carbocycles. The van der Waals surface area contributed by atoms with Crippen LogP contribution in [-0.4, -0.2) is 41.9 Å². The second kappa shape index (κ2) is 5.60. The van der Waals surface area contributed by atoms with E-state index < -0.39 is 0 Å². The van der Waals surface area contributed by atoms with Crippen molar-refractivity contribution in [3.8, 4) is 0 Å². The monoisotopic (exact) mass is 305 g/mol. The number of thiophene rings is 1. The molecule has 1 N–H and O–H groups in total. The van der Waals surface area contributed by atoms with Gasteiger partial charge in [0.05, 0.1) is 22.6 Å². The Kier molecular flexibility index (Phi) is 4.38. The zero-order valence-corrected chi connectivity index (χ0v) is 11.6. The van der Waals surface area contributed by atoms with Crippen LogP contribution < -0.4 is 0 Å². The van der Waals surface area contributed by atoms with E-state index in [0.29, 0.717) is 0 Å². The van der Waals surface area contributed by atoms with Crippen LogP contribution in [0.4, 0.5) is 0 Å². The molecular weight excluding hydrogens is 290 g/mol. The summed E-state index contributed by atoms with van der Waals surface area (Å²) in [6.45, 7) is 4.86. The average molecular weight is 306 g/mol. The maximum absolute atomic E-state index is 9.14. The molecule has 90 valence electrons. The second-order valence-corrected chi connectivity index (χ2v) is 6.70. The predicted octanol–water partition coefficient (Wildman–Crippen LogP) is 2.09. The first-order valence-electron chi connectivity index (χ1n) is 5.40. The van der Waals surface area contributed by atoms with Gasteiger partial charge in [-0.3, -0.25) is 4.90 Å². The molecule has 1 saturated heterocycles. The van der Waals surface area contributed by atoms with Crippen molar-refractivity contribution in [3.05, 3.63) is 20.8 Å². The second-order valence-electron chi connectivity index (χ2n) is 4.15. The van der Waals surface area contributed by atoms with Crippen LogP contribution >= 0.6 is 27.3 Å². The third kappa shape index (κ3) is 3.28. The van der Waals surface area contributed by atoms with Gasteiger partial charge in [0.25, 0.3) is 0 Å². The number of nitrogens with zero attached hydrogens (tertiary/aromatic N) is 1. The standard InChI is InChI=1S/C11H16BrNO2S/c1-8-4-13(5-9(7-14)15-8)6-10-2-3-11(12)16-10/h2-3,8-9,14H,4-7H2,1H3. The molecule has 0 spiro atoms. The number of aliphatic hydroxyl groups excluding tert-OH is 1. The molecule has 2 heterocycles. The third-order valence-corrected chi connectivity index (χ3v) is 4.22. The van der Waals surface area contributed by atoms with Gasteiger partial charge in [0.15, 0.2) is 0 Å². The van der Waals surface area contributed by atoms with Crippen molar-refractivity contribution in [2.75, 3.05) is 19.7 Å². The molecule has 2 rings (SSSR count). The van der Waals surface area contributed by atoms with Gasteiger partial charge in [0.1, 0.15) is 0 Å². The van der Waals surface area contributed by atoms with Crippen LogP contribution in [-0.2, 0) is 11.3 Å². The molecule has 1 aromatic rings. The zero-order valence-electron chi connectivity index (χ0n) is 9.23. The quantitative estimate of drug-likeness (QED) is 0.928. The molecule has 1 aliphatic rings. The third-order valence-electron chi connectivity index (χ3n) is 2.61. The summed E-state index contributed by atoms with van der Waals surface area (Å²) in [5.74, 6) is 0. The summed E-state index contributed by atoms with van der Waals surface area (Å²) in [6.07, 6.45) is 0.168. The van der Waals surface area contributed by atoms with Crippen LogP contribution in [0.2, 0.25) is 0 Å². The minimum Gasteiger partial charge on any atom is -0.394 e. The van der Waals surface area contributed by atoms with Gasteiger partial charge in [0, 0.05) is 24.5 Å². The van der Waals surface area contributed by atoms with E-state index in [1.807, 2.05) is 0 Å². The SMILES string of the molecule is CC1CN(Cc2ccc(Br)s2)CC(CO)O1. The summed E-state index contributed by atoms with van der Waals surface area (Å²) in [4.78, 5) is 3.69. The van der Waals surface area contributed by atoms with Gasteiger partial charge < -0.3 is 9.84 Å². The van der Waals surface area contributed by atoms with Gasteiger partial charge in [-0.25, -0.2) is 0 Å². The number of hydrogen-bond acceptors (Lipinski definition) is 4. The van der Waals surface area contributed by atoms with Crippen LogP contribution in [0.3, 0.4) is 0 Å². The molecule has 1 aromatic heterocycles. The highest BCUT2D eigenvalue weighted by molar-refractivity contribution is 9.11. The van der Waals surface area contributed by atoms with E-state index in [4.69, 9.17) is 9.84 Å². The van der Waals surface area contributed by atoms with Crippen molar-refractivity contribution in [1.29, 1.82) is 0 Å². The van der Waals surface area contributed by atoms with Crippen LogP contribution in [0, 0.1) is 0 Å². The molecular formula is C11H16BrNO2S. The molecule has 2 unspecified atom stereocenters. The van der Waals surface area contributed by atoms with E-state index in [0.717, 1.165) is 19.6 Å². The topological polar surface area (TPSA) is 32.7 Å². The van der Waals surface area contributed by atoms with Crippen molar-refractivity contribution in [3.63, 3.8) is 0 Å². The largest absolute Gasteiger partial charge is 0.394 e. The van der Waals surface area contributed by atoms with Crippen molar-refractivity contribution in [1.82, 2.24) is 4.90 Å². The first-order valence-corrected chi connectivity index (χ1v) is 7.01. The lowest BCUT2D eigenvalue weighted by Crippen LogP contribution is -2.47. The highest BCUT2D eigenvalue weighted by Crippen LogP contribution is 2.24. The molecule has 1 fully saturated rings. The summed E-state index contributed by atoms with van der Waals surface area (Å²) in [7, 11) is 0. The Labute approximate surface area is 108 Å². The molecule has 5 heteroatoms. The van der Waals surface area contributed by atoms with Crippen molar-refractivity contribution >= 4 is 27.3 Å². The van der Waals surface area contributed by atoms with Gasteiger partial charge in [-0.1, -0.05) is 0 Å². The number of rotatable bonds is 3. The van der Waals surface area contributed by atoms with Crippen LogP contribution in [0.25, 0.3) is 0 Å². The van der Waals surface area contributed by atoms with Gasteiger partial charge >= 0.3 is 0 Å². The van der Waals surface area contributed by atoms with E-state index in [-0.39, 0.29) is 18.8 Å². The Hall–Kier alpha value is 0.0600. The Balaban J connectivity index is 1.93. The van der Waals surface area contributed by atoms with Crippen LogP contribution in [0.5, 0.6) is 0 Å². The lowest BCUT2D eigenvalue weighted by molar-refractivity contribution is -0.0970.